The fourth-order valence-corrected chi connectivity index (χ4v) is 10.4. The number of primary amides is 1. The monoisotopic (exact) mass is 1150 g/mol. The molecule has 3 aliphatic heterocycles. The van der Waals surface area contributed by atoms with E-state index in [-0.39, 0.29) is 100 Å². The van der Waals surface area contributed by atoms with Crippen LogP contribution in [0.3, 0.4) is 0 Å². The van der Waals surface area contributed by atoms with Crippen molar-refractivity contribution in [1.29, 1.82) is 0 Å². The third-order valence-electron chi connectivity index (χ3n) is 14.8. The summed E-state index contributed by atoms with van der Waals surface area (Å²) in [7, 11) is 0. The standard InChI is InChI=1S/C59H73F3N10O11/c1-36(2)52(68-49(74)14-8-5-9-26-71-50(75)21-22-51(71)76)56(78)67-47(13-10-25-64-58(63)80)55(77)65-43-18-15-39(16-19-43)35-83-59(81)70-31-41(46(62)33-70)32-72(57(79)37(3)73)53(40-23-27-82-28-24-40)54-66-48(44-29-42(60)17-20-45(44)61)34-69(54)30-38-11-6-4-7-12-38/h4,6-7,11-12,15-22,29,34,36-37,40-41,46-47,52-53,73H,5,8-10,13-14,23-28,30-33,35H2,1-3H3,(H,65,77)(H,67,78)(H,68,74)(H3,63,64,80)/t37?,41-,46-,47?,52?,53+/m0/s1. The predicted octanol–water partition coefficient (Wildman–Crippen LogP) is 5.66. The van der Waals surface area contributed by atoms with E-state index in [1.165, 1.54) is 28.9 Å². The number of ether oxygens (including phenoxy) is 2. The first-order valence-electron chi connectivity index (χ1n) is 28.0. The van der Waals surface area contributed by atoms with E-state index in [9.17, 15) is 47.9 Å². The van der Waals surface area contributed by atoms with Crippen molar-refractivity contribution in [1.82, 2.24) is 40.2 Å². The van der Waals surface area contributed by atoms with Gasteiger partial charge in [0.1, 0.15) is 48.4 Å². The molecule has 24 heteroatoms. The molecule has 0 bridgehead atoms. The predicted molar refractivity (Wildman–Crippen MR) is 298 cm³/mol. The summed E-state index contributed by atoms with van der Waals surface area (Å²) in [5.74, 6) is -5.79. The van der Waals surface area contributed by atoms with Gasteiger partial charge in [-0.1, -0.05) is 62.7 Å². The van der Waals surface area contributed by atoms with Crippen LogP contribution in [0.15, 0.2) is 91.1 Å². The van der Waals surface area contributed by atoms with Gasteiger partial charge in [-0.25, -0.2) is 27.7 Å². The van der Waals surface area contributed by atoms with Crippen LogP contribution in [0.5, 0.6) is 0 Å². The number of nitrogens with one attached hydrogen (secondary N) is 4. The molecule has 2 fully saturated rings. The molecule has 2 saturated heterocycles. The van der Waals surface area contributed by atoms with Crippen molar-refractivity contribution in [2.75, 3.05) is 51.3 Å². The number of likely N-dealkylation sites (tertiary alicyclic amines) is 1. The van der Waals surface area contributed by atoms with Crippen LogP contribution in [-0.4, -0.2) is 147 Å². The Morgan fingerprint density at radius 2 is 1.58 bits per heavy atom. The molecular weight excluding hydrogens is 1080 g/mol. The first kappa shape index (κ1) is 62.5. The van der Waals surface area contributed by atoms with E-state index < -0.39 is 83.7 Å². The Balaban J connectivity index is 0.976. The van der Waals surface area contributed by atoms with Crippen LogP contribution >= 0.6 is 0 Å². The van der Waals surface area contributed by atoms with Crippen LogP contribution in [0.2, 0.25) is 0 Å². The lowest BCUT2D eigenvalue weighted by Crippen LogP contribution is -2.54. The minimum Gasteiger partial charge on any atom is -0.445 e. The van der Waals surface area contributed by atoms with Gasteiger partial charge in [0.15, 0.2) is 0 Å². The number of imide groups is 1. The van der Waals surface area contributed by atoms with Gasteiger partial charge in [0, 0.05) is 87.9 Å². The molecule has 7 N–H and O–H groups in total. The highest BCUT2D eigenvalue weighted by Gasteiger charge is 2.44. The van der Waals surface area contributed by atoms with Crippen LogP contribution < -0.4 is 27.0 Å². The van der Waals surface area contributed by atoms with Gasteiger partial charge in [0.25, 0.3) is 17.7 Å². The minimum absolute atomic E-state index is 0.0754. The number of imidazole rings is 1. The summed E-state index contributed by atoms with van der Waals surface area (Å²) < 4.78 is 59.4. The summed E-state index contributed by atoms with van der Waals surface area (Å²) in [5, 5.41) is 21.6. The Hall–Kier alpha value is -8.12. The maximum absolute atomic E-state index is 16.3. The molecule has 3 aromatic carbocycles. The van der Waals surface area contributed by atoms with Gasteiger partial charge in [-0.05, 0) is 98.7 Å². The van der Waals surface area contributed by atoms with E-state index >= 15 is 8.78 Å². The number of unbranched alkanes of at least 4 members (excludes halogenated alkanes) is 2. The lowest BCUT2D eigenvalue weighted by molar-refractivity contribution is -0.145. The third kappa shape index (κ3) is 17.5. The zero-order valence-electron chi connectivity index (χ0n) is 46.8. The molecule has 4 heterocycles. The normalized spacial score (nSPS) is 17.7. The second kappa shape index (κ2) is 29.7. The molecule has 3 aliphatic rings. The number of aliphatic hydroxyl groups is 1. The first-order valence-corrected chi connectivity index (χ1v) is 28.0. The summed E-state index contributed by atoms with van der Waals surface area (Å²) >= 11 is 0. The summed E-state index contributed by atoms with van der Waals surface area (Å²) in [6.45, 7) is 5.05. The number of hydrogen-bond acceptors (Lipinski definition) is 12. The number of rotatable bonds is 27. The molecule has 0 aliphatic carbocycles. The number of nitrogens with two attached hydrogens (primary N) is 1. The van der Waals surface area contributed by atoms with E-state index in [1.807, 2.05) is 30.3 Å². The van der Waals surface area contributed by atoms with Crippen LogP contribution in [0.1, 0.15) is 95.1 Å². The number of hydrogen-bond donors (Lipinski definition) is 6. The van der Waals surface area contributed by atoms with Crippen molar-refractivity contribution in [3.63, 3.8) is 0 Å². The van der Waals surface area contributed by atoms with Crippen LogP contribution in [-0.2, 0) is 51.4 Å². The highest BCUT2D eigenvalue weighted by atomic mass is 19.1. The lowest BCUT2D eigenvalue weighted by Gasteiger charge is -2.40. The fraction of sp³-hybridized carbons (Fsp3) is 0.475. The molecule has 0 saturated carbocycles. The smallest absolute Gasteiger partial charge is 0.410 e. The highest BCUT2D eigenvalue weighted by molar-refractivity contribution is 6.12. The van der Waals surface area contributed by atoms with Crippen molar-refractivity contribution < 1.29 is 66.1 Å². The Morgan fingerprint density at radius 3 is 2.25 bits per heavy atom. The van der Waals surface area contributed by atoms with Gasteiger partial charge in [-0.15, -0.1) is 0 Å². The number of nitrogens with zero attached hydrogens (tertiary/aromatic N) is 5. The second-order valence-corrected chi connectivity index (χ2v) is 21.5. The number of urea groups is 1. The highest BCUT2D eigenvalue weighted by Crippen LogP contribution is 2.39. The Morgan fingerprint density at radius 1 is 0.867 bits per heavy atom. The van der Waals surface area contributed by atoms with Gasteiger partial charge in [-0.2, -0.15) is 0 Å². The van der Waals surface area contributed by atoms with Crippen molar-refractivity contribution in [2.45, 2.75) is 116 Å². The molecular formula is C59H73F3N10O11. The number of carbonyl (C=O) groups excluding carboxylic acids is 8. The molecule has 0 spiro atoms. The average Bonchev–Trinajstić information content (AvgIpc) is 4.39. The van der Waals surface area contributed by atoms with E-state index in [4.69, 9.17) is 20.2 Å². The average molecular weight is 1160 g/mol. The quantitative estimate of drug-likeness (QED) is 0.0312. The van der Waals surface area contributed by atoms with Crippen LogP contribution in [0.25, 0.3) is 11.3 Å². The molecule has 7 rings (SSSR count). The van der Waals surface area contributed by atoms with Gasteiger partial charge < -0.3 is 55.9 Å². The van der Waals surface area contributed by atoms with Gasteiger partial charge in [-0.3, -0.25) is 33.7 Å². The molecule has 9 amide bonds. The summed E-state index contributed by atoms with van der Waals surface area (Å²) in [6.07, 6.45) is 2.85. The maximum atomic E-state index is 16.3. The molecule has 3 unspecified atom stereocenters. The Kier molecular flexibility index (Phi) is 22.4. The number of amides is 9. The molecule has 21 nitrogen and oxygen atoms in total. The fourth-order valence-electron chi connectivity index (χ4n) is 10.4. The molecule has 446 valence electrons. The van der Waals surface area contributed by atoms with E-state index in [0.29, 0.717) is 62.4 Å². The van der Waals surface area contributed by atoms with Gasteiger partial charge >= 0.3 is 12.1 Å². The molecule has 1 aromatic heterocycles. The van der Waals surface area contributed by atoms with Gasteiger partial charge in [0.05, 0.1) is 18.3 Å². The van der Waals surface area contributed by atoms with Gasteiger partial charge in [0.2, 0.25) is 17.7 Å². The maximum Gasteiger partial charge on any atom is 0.410 e. The number of benzene rings is 3. The minimum atomic E-state index is -1.62. The van der Waals surface area contributed by atoms with Crippen molar-refractivity contribution in [3.05, 3.63) is 120 Å². The molecule has 6 atom stereocenters. The van der Waals surface area contributed by atoms with Crippen LogP contribution in [0, 0.1) is 29.4 Å². The summed E-state index contributed by atoms with van der Waals surface area (Å²) in [4.78, 5) is 112. The SMILES string of the molecule is CC(O)C(=O)N(C[C@@H]1CN(C(=O)OCc2ccc(NC(=O)C(CCCNC(N)=O)NC(=O)C(NC(=O)CCCCCN3C(=O)C=CC3=O)C(C)C)cc2)C[C@@H]1F)[C@@H](c1nc(-c2cc(F)ccc2F)cn1Cc1ccccc1)C1CCOCC1. The number of alkyl halides is 1. The Bertz CT molecular complexity index is 2940. The number of aliphatic hydroxyl groups excluding tert-OH is 1. The first-order chi connectivity index (χ1) is 39.8. The number of anilines is 1. The zero-order chi connectivity index (χ0) is 59.7. The Labute approximate surface area is 479 Å². The lowest BCUT2D eigenvalue weighted by atomic mass is 9.88. The van der Waals surface area contributed by atoms with Crippen LogP contribution in [0.4, 0.5) is 28.4 Å². The summed E-state index contributed by atoms with van der Waals surface area (Å²) in [6, 6.07) is 14.9. The molecule has 83 heavy (non-hydrogen) atoms. The van der Waals surface area contributed by atoms with E-state index in [2.05, 4.69) is 21.3 Å². The largest absolute Gasteiger partial charge is 0.445 e. The topological polar surface area (TPSA) is 277 Å². The second-order valence-electron chi connectivity index (χ2n) is 21.5. The third-order valence-corrected chi connectivity index (χ3v) is 14.8. The number of halogens is 3. The number of carbonyl (C=O) groups is 8. The van der Waals surface area contributed by atoms with Crippen molar-refractivity contribution >= 4 is 53.3 Å². The summed E-state index contributed by atoms with van der Waals surface area (Å²) in [5.41, 5.74) is 6.91. The molecule has 0 radical (unpaired) electrons. The number of aromatic nitrogens is 2. The molecule has 4 aromatic rings. The zero-order valence-corrected chi connectivity index (χ0v) is 46.8. The van der Waals surface area contributed by atoms with E-state index in [1.54, 1.807) is 48.9 Å². The van der Waals surface area contributed by atoms with E-state index in [0.717, 1.165) is 28.7 Å². The van der Waals surface area contributed by atoms with Crippen molar-refractivity contribution in [2.24, 2.45) is 23.5 Å². The van der Waals surface area contributed by atoms with Crippen molar-refractivity contribution in [3.8, 4) is 11.3 Å².